The van der Waals surface area contributed by atoms with Crippen LogP contribution in [0.2, 0.25) is 0 Å². The van der Waals surface area contributed by atoms with Crippen LogP contribution < -0.4 is 9.64 Å². The number of hydrogen-bond donors (Lipinski definition) is 1. The number of ether oxygens (including phenoxy) is 1. The maximum Gasteiger partial charge on any atom is 0.273 e. The Kier molecular flexibility index (Phi) is 2.91. The molecule has 0 unspecified atom stereocenters. The lowest BCUT2D eigenvalue weighted by molar-refractivity contribution is -0.384. The van der Waals surface area contributed by atoms with Gasteiger partial charge in [0, 0.05) is 12.6 Å². The number of β-amino-alcohol motifs (C(OH)–C–C–N with tert-alkyl or cyclic N) is 1. The molecule has 0 amide bonds. The third-order valence-electron chi connectivity index (χ3n) is 2.48. The summed E-state index contributed by atoms with van der Waals surface area (Å²) in [5, 5.41) is 19.5. The molecule has 0 radical (unpaired) electrons. The topological polar surface area (TPSA) is 75.8 Å². The first-order chi connectivity index (χ1) is 7.72. The number of aliphatic hydroxyl groups excluding tert-OH is 1. The van der Waals surface area contributed by atoms with Crippen LogP contribution in [-0.4, -0.2) is 36.3 Å². The quantitative estimate of drug-likeness (QED) is 0.606. The van der Waals surface area contributed by atoms with Crippen molar-refractivity contribution in [1.82, 2.24) is 0 Å². The number of non-ortho nitro benzene ring substituents is 1. The molecule has 16 heavy (non-hydrogen) atoms. The van der Waals surface area contributed by atoms with Crippen molar-refractivity contribution in [2.45, 2.75) is 0 Å². The van der Waals surface area contributed by atoms with Crippen LogP contribution in [0.1, 0.15) is 0 Å². The minimum atomic E-state index is -0.450. The van der Waals surface area contributed by atoms with E-state index in [1.807, 2.05) is 4.90 Å². The van der Waals surface area contributed by atoms with E-state index >= 15 is 0 Å². The molecule has 6 nitrogen and oxygen atoms in total. The first kappa shape index (κ1) is 10.7. The minimum absolute atomic E-state index is 0.0181. The molecule has 0 saturated heterocycles. The van der Waals surface area contributed by atoms with Gasteiger partial charge in [-0.05, 0) is 6.07 Å². The number of nitro groups is 1. The summed E-state index contributed by atoms with van der Waals surface area (Å²) in [7, 11) is 0. The Labute approximate surface area is 92.2 Å². The van der Waals surface area contributed by atoms with Crippen molar-refractivity contribution in [3.63, 3.8) is 0 Å². The molecule has 1 aromatic rings. The molecule has 0 saturated carbocycles. The summed E-state index contributed by atoms with van der Waals surface area (Å²) in [4.78, 5) is 12.1. The number of nitro benzene ring substituents is 1. The number of benzene rings is 1. The molecule has 6 heteroatoms. The van der Waals surface area contributed by atoms with Crippen LogP contribution in [-0.2, 0) is 0 Å². The van der Waals surface area contributed by atoms with Crippen molar-refractivity contribution in [1.29, 1.82) is 0 Å². The Bertz CT molecular complexity index is 408. The second-order valence-corrected chi connectivity index (χ2v) is 3.47. The molecular formula is C10H12N2O4. The van der Waals surface area contributed by atoms with E-state index in [2.05, 4.69) is 0 Å². The van der Waals surface area contributed by atoms with Crippen molar-refractivity contribution < 1.29 is 14.8 Å². The number of fused-ring (bicyclic) bond motifs is 1. The number of nitrogens with zero attached hydrogens (tertiary/aromatic N) is 2. The predicted octanol–water partition coefficient (Wildman–Crippen LogP) is 0.786. The Morgan fingerprint density at radius 2 is 2.38 bits per heavy atom. The van der Waals surface area contributed by atoms with Crippen LogP contribution in [0, 0.1) is 10.1 Å². The van der Waals surface area contributed by atoms with Crippen molar-refractivity contribution in [2.75, 3.05) is 31.2 Å². The molecule has 0 bridgehead atoms. The minimum Gasteiger partial charge on any atom is -0.489 e. The van der Waals surface area contributed by atoms with Crippen molar-refractivity contribution in [2.24, 2.45) is 0 Å². The van der Waals surface area contributed by atoms with Crippen molar-refractivity contribution >= 4 is 11.4 Å². The SMILES string of the molecule is O=[N+]([O-])c1ccc2c(c1)OCCN2CCO. The number of hydrogen-bond acceptors (Lipinski definition) is 5. The van der Waals surface area contributed by atoms with E-state index in [0.717, 1.165) is 5.69 Å². The van der Waals surface area contributed by atoms with Crippen LogP contribution in [0.3, 0.4) is 0 Å². The predicted molar refractivity (Wildman–Crippen MR) is 57.9 cm³/mol. The fourth-order valence-electron chi connectivity index (χ4n) is 1.73. The lowest BCUT2D eigenvalue weighted by Gasteiger charge is -2.30. The maximum atomic E-state index is 10.6. The Balaban J connectivity index is 2.32. The summed E-state index contributed by atoms with van der Waals surface area (Å²) in [6.45, 7) is 1.73. The molecule has 1 aliphatic rings. The molecule has 1 N–H and O–H groups in total. The molecule has 1 heterocycles. The average Bonchev–Trinajstić information content (AvgIpc) is 2.29. The van der Waals surface area contributed by atoms with E-state index in [4.69, 9.17) is 9.84 Å². The van der Waals surface area contributed by atoms with Crippen LogP contribution in [0.15, 0.2) is 18.2 Å². The van der Waals surface area contributed by atoms with Crippen molar-refractivity contribution in [3.8, 4) is 5.75 Å². The smallest absolute Gasteiger partial charge is 0.273 e. The molecular weight excluding hydrogens is 212 g/mol. The van der Waals surface area contributed by atoms with Gasteiger partial charge in [-0.25, -0.2) is 0 Å². The lowest BCUT2D eigenvalue weighted by Crippen LogP contribution is -2.34. The zero-order valence-electron chi connectivity index (χ0n) is 8.63. The summed E-state index contributed by atoms with van der Waals surface area (Å²) < 4.78 is 5.36. The van der Waals surface area contributed by atoms with E-state index < -0.39 is 4.92 Å². The van der Waals surface area contributed by atoms with Gasteiger partial charge >= 0.3 is 0 Å². The first-order valence-electron chi connectivity index (χ1n) is 4.99. The van der Waals surface area contributed by atoms with Gasteiger partial charge in [0.15, 0.2) is 0 Å². The van der Waals surface area contributed by atoms with Gasteiger partial charge in [-0.2, -0.15) is 0 Å². The molecule has 2 rings (SSSR count). The normalized spacial score (nSPS) is 14.2. The molecule has 0 atom stereocenters. The summed E-state index contributed by atoms with van der Waals surface area (Å²) in [5.74, 6) is 0.508. The van der Waals surface area contributed by atoms with Crippen LogP contribution in [0.5, 0.6) is 5.75 Å². The van der Waals surface area contributed by atoms with E-state index in [1.165, 1.54) is 12.1 Å². The summed E-state index contributed by atoms with van der Waals surface area (Å²) in [6.07, 6.45) is 0. The fourth-order valence-corrected chi connectivity index (χ4v) is 1.73. The second kappa shape index (κ2) is 4.36. The lowest BCUT2D eigenvalue weighted by atomic mass is 10.2. The van der Waals surface area contributed by atoms with Gasteiger partial charge < -0.3 is 14.7 Å². The largest absolute Gasteiger partial charge is 0.489 e. The first-order valence-corrected chi connectivity index (χ1v) is 4.99. The van der Waals surface area contributed by atoms with Crippen LogP contribution >= 0.6 is 0 Å². The maximum absolute atomic E-state index is 10.6. The molecule has 1 aliphatic heterocycles. The van der Waals surface area contributed by atoms with Crippen LogP contribution in [0.4, 0.5) is 11.4 Å². The Morgan fingerprint density at radius 3 is 3.06 bits per heavy atom. The second-order valence-electron chi connectivity index (χ2n) is 3.47. The third kappa shape index (κ3) is 1.92. The van der Waals surface area contributed by atoms with E-state index in [1.54, 1.807) is 6.07 Å². The van der Waals surface area contributed by atoms with Gasteiger partial charge in [0.1, 0.15) is 12.4 Å². The average molecular weight is 224 g/mol. The zero-order valence-corrected chi connectivity index (χ0v) is 8.63. The summed E-state index contributed by atoms with van der Waals surface area (Å²) >= 11 is 0. The zero-order chi connectivity index (χ0) is 11.5. The highest BCUT2D eigenvalue weighted by Gasteiger charge is 2.20. The highest BCUT2D eigenvalue weighted by Crippen LogP contribution is 2.34. The van der Waals surface area contributed by atoms with Crippen molar-refractivity contribution in [3.05, 3.63) is 28.3 Å². The van der Waals surface area contributed by atoms with Gasteiger partial charge in [-0.1, -0.05) is 0 Å². The fraction of sp³-hybridized carbons (Fsp3) is 0.400. The standard InChI is InChI=1S/C10H12N2O4/c13-5-3-11-4-6-16-10-7-8(12(14)15)1-2-9(10)11/h1-2,7,13H,3-6H2. The van der Waals surface area contributed by atoms with Gasteiger partial charge in [0.25, 0.3) is 5.69 Å². The molecule has 0 spiro atoms. The highest BCUT2D eigenvalue weighted by atomic mass is 16.6. The third-order valence-corrected chi connectivity index (χ3v) is 2.48. The van der Waals surface area contributed by atoms with Gasteiger partial charge in [-0.15, -0.1) is 0 Å². The van der Waals surface area contributed by atoms with E-state index in [-0.39, 0.29) is 12.3 Å². The molecule has 86 valence electrons. The van der Waals surface area contributed by atoms with E-state index in [0.29, 0.717) is 25.4 Å². The van der Waals surface area contributed by atoms with Crippen LogP contribution in [0.25, 0.3) is 0 Å². The molecule has 0 aromatic heterocycles. The van der Waals surface area contributed by atoms with Gasteiger partial charge in [0.05, 0.1) is 29.8 Å². The van der Waals surface area contributed by atoms with Gasteiger partial charge in [-0.3, -0.25) is 10.1 Å². The molecule has 1 aromatic carbocycles. The number of rotatable bonds is 3. The van der Waals surface area contributed by atoms with Gasteiger partial charge in [0.2, 0.25) is 0 Å². The number of aliphatic hydroxyl groups is 1. The molecule has 0 fully saturated rings. The Morgan fingerprint density at radius 1 is 1.56 bits per heavy atom. The molecule has 0 aliphatic carbocycles. The Hall–Kier alpha value is -1.82. The monoisotopic (exact) mass is 224 g/mol. The summed E-state index contributed by atoms with van der Waals surface area (Å²) in [5.41, 5.74) is 0.815. The van der Waals surface area contributed by atoms with E-state index in [9.17, 15) is 10.1 Å². The number of anilines is 1. The summed E-state index contributed by atoms with van der Waals surface area (Å²) in [6, 6.07) is 4.51. The highest BCUT2D eigenvalue weighted by molar-refractivity contribution is 5.63.